The molecule has 0 aromatic heterocycles. The van der Waals surface area contributed by atoms with Crippen LogP contribution >= 0.6 is 0 Å². The van der Waals surface area contributed by atoms with Gasteiger partial charge in [0.05, 0.1) is 6.42 Å². The topological polar surface area (TPSA) is 102 Å². The quantitative estimate of drug-likeness (QED) is 0.385. The normalized spacial score (nSPS) is 10.1. The van der Waals surface area contributed by atoms with Crippen LogP contribution in [0.2, 0.25) is 0 Å². The average Bonchev–Trinajstić information content (AvgIpc) is 2.75. The van der Waals surface area contributed by atoms with Crippen molar-refractivity contribution in [3.63, 3.8) is 0 Å². The minimum Gasteiger partial charge on any atom is -0.455 e. The molecule has 0 unspecified atom stereocenters. The fraction of sp³-hybridized carbons (Fsp3) is 0.273. The molecule has 7 nitrogen and oxygen atoms in total. The Kier molecular flexibility index (Phi) is 8.56. The number of ketones is 1. The number of carbonyl (C=O) groups is 4. The molecule has 152 valence electrons. The van der Waals surface area contributed by atoms with Crippen molar-refractivity contribution in [2.45, 2.75) is 32.6 Å². The van der Waals surface area contributed by atoms with Crippen LogP contribution in [0.4, 0.5) is 0 Å². The van der Waals surface area contributed by atoms with Gasteiger partial charge in [-0.1, -0.05) is 55.8 Å². The molecule has 2 amide bonds. The Morgan fingerprint density at radius 3 is 2.17 bits per heavy atom. The molecular weight excluding hydrogens is 372 g/mol. The first-order chi connectivity index (χ1) is 14.0. The molecule has 2 aromatic rings. The summed E-state index contributed by atoms with van der Waals surface area (Å²) in [6.45, 7) is 1.54. The van der Waals surface area contributed by atoms with E-state index in [-0.39, 0.29) is 18.6 Å². The lowest BCUT2D eigenvalue weighted by Crippen LogP contribution is -2.43. The lowest BCUT2D eigenvalue weighted by Gasteiger charge is -2.08. The summed E-state index contributed by atoms with van der Waals surface area (Å²) in [7, 11) is 0. The number of ether oxygens (including phenoxy) is 1. The Morgan fingerprint density at radius 1 is 0.828 bits per heavy atom. The van der Waals surface area contributed by atoms with Crippen LogP contribution < -0.4 is 10.9 Å². The van der Waals surface area contributed by atoms with Gasteiger partial charge >= 0.3 is 5.97 Å². The largest absolute Gasteiger partial charge is 0.455 e. The van der Waals surface area contributed by atoms with Crippen molar-refractivity contribution in [1.29, 1.82) is 0 Å². The van der Waals surface area contributed by atoms with E-state index < -0.39 is 24.4 Å². The molecule has 0 heterocycles. The van der Waals surface area contributed by atoms with Crippen molar-refractivity contribution in [1.82, 2.24) is 10.9 Å². The first kappa shape index (κ1) is 21.8. The molecule has 0 atom stereocenters. The van der Waals surface area contributed by atoms with E-state index in [0.29, 0.717) is 11.1 Å². The first-order valence-electron chi connectivity index (χ1n) is 9.41. The van der Waals surface area contributed by atoms with Gasteiger partial charge in [-0.3, -0.25) is 30.0 Å². The zero-order chi connectivity index (χ0) is 21.1. The molecule has 0 aliphatic heterocycles. The Hall–Kier alpha value is -3.48. The van der Waals surface area contributed by atoms with Gasteiger partial charge in [-0.2, -0.15) is 0 Å². The molecule has 2 aromatic carbocycles. The zero-order valence-corrected chi connectivity index (χ0v) is 16.3. The number of esters is 1. The highest BCUT2D eigenvalue weighted by atomic mass is 16.5. The summed E-state index contributed by atoms with van der Waals surface area (Å²) in [6.07, 6.45) is 1.86. The number of hydrogen-bond donors (Lipinski definition) is 2. The van der Waals surface area contributed by atoms with Gasteiger partial charge in [-0.15, -0.1) is 0 Å². The van der Waals surface area contributed by atoms with Gasteiger partial charge in [0.15, 0.2) is 12.4 Å². The molecule has 2 rings (SSSR count). The van der Waals surface area contributed by atoms with Crippen LogP contribution in [0.3, 0.4) is 0 Å². The monoisotopic (exact) mass is 396 g/mol. The molecule has 29 heavy (non-hydrogen) atoms. The minimum atomic E-state index is -0.680. The van der Waals surface area contributed by atoms with Gasteiger partial charge in [0.1, 0.15) is 0 Å². The van der Waals surface area contributed by atoms with Crippen LogP contribution in [0.25, 0.3) is 0 Å². The van der Waals surface area contributed by atoms with E-state index in [1.165, 1.54) is 0 Å². The smallest absolute Gasteiger partial charge is 0.306 e. The fourth-order valence-corrected chi connectivity index (χ4v) is 2.55. The molecular formula is C22H24N2O5. The molecule has 0 aliphatic rings. The predicted molar refractivity (Wildman–Crippen MR) is 107 cm³/mol. The number of amides is 2. The van der Waals surface area contributed by atoms with E-state index in [2.05, 4.69) is 17.8 Å². The summed E-state index contributed by atoms with van der Waals surface area (Å²) in [5, 5.41) is 0. The number of nitrogens with one attached hydrogen (secondary N) is 2. The molecule has 7 heteroatoms. The lowest BCUT2D eigenvalue weighted by molar-refractivity contribution is -0.148. The number of Topliss-reactive ketones (excluding diaryl/α,β-unsaturated/α-hetero) is 1. The van der Waals surface area contributed by atoms with Crippen LogP contribution in [-0.2, 0) is 20.7 Å². The van der Waals surface area contributed by atoms with Crippen LogP contribution in [0.1, 0.15) is 52.5 Å². The van der Waals surface area contributed by atoms with Crippen LogP contribution in [-0.4, -0.2) is 30.2 Å². The van der Waals surface area contributed by atoms with Gasteiger partial charge in [0, 0.05) is 17.5 Å². The van der Waals surface area contributed by atoms with Crippen molar-refractivity contribution >= 4 is 23.6 Å². The van der Waals surface area contributed by atoms with E-state index in [0.717, 1.165) is 18.4 Å². The molecule has 0 saturated heterocycles. The van der Waals surface area contributed by atoms with E-state index >= 15 is 0 Å². The summed E-state index contributed by atoms with van der Waals surface area (Å²) in [5.74, 6) is -1.99. The second-order valence-electron chi connectivity index (χ2n) is 6.40. The van der Waals surface area contributed by atoms with Crippen molar-refractivity contribution in [2.24, 2.45) is 0 Å². The fourth-order valence-electron chi connectivity index (χ4n) is 2.55. The summed E-state index contributed by atoms with van der Waals surface area (Å²) in [4.78, 5) is 47.3. The third-order valence-corrected chi connectivity index (χ3v) is 4.09. The van der Waals surface area contributed by atoms with Crippen molar-refractivity contribution < 1.29 is 23.9 Å². The maximum absolute atomic E-state index is 12.1. The maximum atomic E-state index is 12.1. The van der Waals surface area contributed by atoms with E-state index in [4.69, 9.17) is 4.74 Å². The van der Waals surface area contributed by atoms with Gasteiger partial charge in [0.2, 0.25) is 0 Å². The third-order valence-electron chi connectivity index (χ3n) is 4.09. The van der Waals surface area contributed by atoms with Crippen LogP contribution in [0, 0.1) is 0 Å². The minimum absolute atomic E-state index is 0.00167. The zero-order valence-electron chi connectivity index (χ0n) is 16.3. The van der Waals surface area contributed by atoms with Crippen molar-refractivity contribution in [2.75, 3.05) is 6.61 Å². The average molecular weight is 396 g/mol. The molecule has 2 N–H and O–H groups in total. The molecule has 0 spiro atoms. The number of hydrazine groups is 1. The van der Waals surface area contributed by atoms with Crippen molar-refractivity contribution in [3.05, 3.63) is 71.3 Å². The Bertz CT molecular complexity index is 847. The standard InChI is InChI=1S/C22H24N2O5/c1-2-6-16-9-11-17(12-10-16)19(25)13-14-21(27)29-15-20(26)23-24-22(28)18-7-4-3-5-8-18/h3-5,7-12H,2,6,13-15H2,1H3,(H,23,26)(H,24,28). The number of rotatable bonds is 9. The number of benzene rings is 2. The Morgan fingerprint density at radius 2 is 1.52 bits per heavy atom. The van der Waals surface area contributed by atoms with Crippen LogP contribution in [0.15, 0.2) is 54.6 Å². The lowest BCUT2D eigenvalue weighted by atomic mass is 10.0. The highest BCUT2D eigenvalue weighted by Crippen LogP contribution is 2.10. The van der Waals surface area contributed by atoms with Crippen LogP contribution in [0.5, 0.6) is 0 Å². The predicted octanol–water partition coefficient (Wildman–Crippen LogP) is 2.61. The SMILES string of the molecule is CCCc1ccc(C(=O)CCC(=O)OCC(=O)NNC(=O)c2ccccc2)cc1. The summed E-state index contributed by atoms with van der Waals surface area (Å²) < 4.78 is 4.82. The number of hydrogen-bond acceptors (Lipinski definition) is 5. The second kappa shape index (κ2) is 11.4. The Balaban J connectivity index is 1.66. The van der Waals surface area contributed by atoms with Gasteiger partial charge < -0.3 is 4.74 Å². The maximum Gasteiger partial charge on any atom is 0.306 e. The summed E-state index contributed by atoms with van der Waals surface area (Å²) in [5.41, 5.74) is 6.47. The van der Waals surface area contributed by atoms with E-state index in [9.17, 15) is 19.2 Å². The first-order valence-corrected chi connectivity index (χ1v) is 9.41. The van der Waals surface area contributed by atoms with E-state index in [1.807, 2.05) is 12.1 Å². The van der Waals surface area contributed by atoms with E-state index in [1.54, 1.807) is 42.5 Å². The van der Waals surface area contributed by atoms with Gasteiger partial charge in [-0.05, 0) is 24.1 Å². The molecule has 0 fully saturated rings. The molecule has 0 saturated carbocycles. The van der Waals surface area contributed by atoms with Gasteiger partial charge in [0.25, 0.3) is 11.8 Å². The number of carbonyl (C=O) groups excluding carboxylic acids is 4. The molecule has 0 radical (unpaired) electrons. The van der Waals surface area contributed by atoms with Gasteiger partial charge in [-0.25, -0.2) is 0 Å². The summed E-state index contributed by atoms with van der Waals surface area (Å²) in [6, 6.07) is 15.7. The Labute approximate surface area is 169 Å². The molecule has 0 bridgehead atoms. The highest BCUT2D eigenvalue weighted by Gasteiger charge is 2.13. The number of aryl methyl sites for hydroxylation is 1. The highest BCUT2D eigenvalue weighted by molar-refractivity contribution is 5.98. The second-order valence-corrected chi connectivity index (χ2v) is 6.40. The van der Waals surface area contributed by atoms with Crippen molar-refractivity contribution in [3.8, 4) is 0 Å². The molecule has 0 aliphatic carbocycles. The third kappa shape index (κ3) is 7.57. The summed E-state index contributed by atoms with van der Waals surface area (Å²) >= 11 is 0.